The lowest BCUT2D eigenvalue weighted by atomic mass is 10.3. The van der Waals surface area contributed by atoms with Crippen LogP contribution in [0.5, 0.6) is 0 Å². The summed E-state index contributed by atoms with van der Waals surface area (Å²) >= 11 is 6.01. The second-order valence-corrected chi connectivity index (χ2v) is 2.93. The number of aromatic nitrogens is 4. The van der Waals surface area contributed by atoms with E-state index >= 15 is 0 Å². The second-order valence-electron chi connectivity index (χ2n) is 2.57. The van der Waals surface area contributed by atoms with Crippen LogP contribution in [0.3, 0.4) is 0 Å². The predicted octanol–water partition coefficient (Wildman–Crippen LogP) is 0.279. The van der Waals surface area contributed by atoms with Crippen LogP contribution < -0.4 is 5.73 Å². The Morgan fingerprint density at radius 2 is 2.38 bits per heavy atom. The fourth-order valence-electron chi connectivity index (χ4n) is 1.13. The molecule has 0 amide bonds. The van der Waals surface area contributed by atoms with E-state index in [9.17, 15) is 0 Å². The molecular weight excluding hydrogens is 190 g/mol. The molecule has 68 valence electrons. The van der Waals surface area contributed by atoms with Gasteiger partial charge in [-0.05, 0) is 6.54 Å². The predicted molar refractivity (Wildman–Crippen MR) is 48.6 cm³/mol. The van der Waals surface area contributed by atoms with Crippen LogP contribution in [0.15, 0.2) is 12.4 Å². The maximum absolute atomic E-state index is 6.01. The molecule has 0 aliphatic carbocycles. The molecular formula is C7H8ClN5. The Labute approximate surface area is 79.6 Å². The highest BCUT2D eigenvalue weighted by Crippen LogP contribution is 2.15. The number of halogens is 1. The van der Waals surface area contributed by atoms with Crippen LogP contribution in [-0.2, 0) is 6.42 Å². The van der Waals surface area contributed by atoms with Crippen molar-refractivity contribution in [2.45, 2.75) is 6.42 Å². The van der Waals surface area contributed by atoms with Crippen LogP contribution in [0, 0.1) is 0 Å². The zero-order valence-corrected chi connectivity index (χ0v) is 7.57. The fourth-order valence-corrected chi connectivity index (χ4v) is 1.40. The second kappa shape index (κ2) is 3.27. The van der Waals surface area contributed by atoms with Gasteiger partial charge < -0.3 is 5.73 Å². The summed E-state index contributed by atoms with van der Waals surface area (Å²) in [6.07, 6.45) is 3.94. The van der Waals surface area contributed by atoms with E-state index in [1.807, 2.05) is 0 Å². The van der Waals surface area contributed by atoms with Crippen LogP contribution in [0.4, 0.5) is 0 Å². The van der Waals surface area contributed by atoms with E-state index in [0.29, 0.717) is 23.9 Å². The molecule has 0 fully saturated rings. The number of nitrogens with zero attached hydrogens (tertiary/aromatic N) is 4. The van der Waals surface area contributed by atoms with Gasteiger partial charge in [0, 0.05) is 12.6 Å². The third-order valence-corrected chi connectivity index (χ3v) is 2.11. The van der Waals surface area contributed by atoms with E-state index in [-0.39, 0.29) is 0 Å². The lowest BCUT2D eigenvalue weighted by molar-refractivity contribution is 0.934. The fraction of sp³-hybridized carbons (Fsp3) is 0.286. The largest absolute Gasteiger partial charge is 0.330 e. The Hall–Kier alpha value is -1.20. The molecule has 0 atom stereocenters. The van der Waals surface area contributed by atoms with Crippen molar-refractivity contribution in [2.24, 2.45) is 5.73 Å². The molecule has 0 aliphatic rings. The summed E-state index contributed by atoms with van der Waals surface area (Å²) in [5.41, 5.74) is 6.18. The van der Waals surface area contributed by atoms with Crippen LogP contribution in [-0.4, -0.2) is 26.1 Å². The zero-order chi connectivity index (χ0) is 9.26. The third kappa shape index (κ3) is 1.36. The number of rotatable bonds is 2. The topological polar surface area (TPSA) is 69.1 Å². The number of hydrogen-bond acceptors (Lipinski definition) is 4. The summed E-state index contributed by atoms with van der Waals surface area (Å²) in [5, 5.41) is 8.09. The molecule has 0 aromatic carbocycles. The van der Waals surface area contributed by atoms with Crippen molar-refractivity contribution in [3.8, 4) is 0 Å². The molecule has 0 unspecified atom stereocenters. The number of nitrogens with two attached hydrogens (primary N) is 1. The molecule has 0 saturated heterocycles. The van der Waals surface area contributed by atoms with Gasteiger partial charge in [-0.2, -0.15) is 5.10 Å². The SMILES string of the molecule is NCCc1nc2nnccn2c1Cl. The number of fused-ring (bicyclic) bond motifs is 1. The Balaban J connectivity index is 2.60. The highest BCUT2D eigenvalue weighted by molar-refractivity contribution is 6.30. The monoisotopic (exact) mass is 197 g/mol. The molecule has 2 heterocycles. The maximum atomic E-state index is 6.01. The van der Waals surface area contributed by atoms with Crippen LogP contribution >= 0.6 is 11.6 Å². The first-order valence-electron chi connectivity index (χ1n) is 3.87. The molecule has 6 heteroatoms. The van der Waals surface area contributed by atoms with Crippen molar-refractivity contribution in [2.75, 3.05) is 6.54 Å². The minimum atomic E-state index is 0.510. The molecule has 5 nitrogen and oxygen atoms in total. The summed E-state index contributed by atoms with van der Waals surface area (Å²) in [5.74, 6) is 0.510. The summed E-state index contributed by atoms with van der Waals surface area (Å²) in [6, 6.07) is 0. The molecule has 0 aliphatic heterocycles. The van der Waals surface area contributed by atoms with Gasteiger partial charge in [-0.1, -0.05) is 11.6 Å². The summed E-state index contributed by atoms with van der Waals surface area (Å²) in [7, 11) is 0. The Kier molecular flexibility index (Phi) is 2.12. The van der Waals surface area contributed by atoms with Gasteiger partial charge in [-0.15, -0.1) is 5.10 Å². The van der Waals surface area contributed by atoms with Gasteiger partial charge in [0.2, 0.25) is 0 Å². The Bertz CT molecular complexity index is 424. The van der Waals surface area contributed by atoms with Gasteiger partial charge in [-0.25, -0.2) is 4.98 Å². The number of hydrogen-bond donors (Lipinski definition) is 1. The first-order chi connectivity index (χ1) is 6.33. The molecule has 2 aromatic heterocycles. The van der Waals surface area contributed by atoms with Crippen molar-refractivity contribution >= 4 is 17.4 Å². The Morgan fingerprint density at radius 3 is 3.08 bits per heavy atom. The van der Waals surface area contributed by atoms with Gasteiger partial charge in [-0.3, -0.25) is 4.40 Å². The minimum Gasteiger partial charge on any atom is -0.330 e. The van der Waals surface area contributed by atoms with Crippen LogP contribution in [0.2, 0.25) is 5.15 Å². The minimum absolute atomic E-state index is 0.510. The summed E-state index contributed by atoms with van der Waals surface area (Å²) in [4.78, 5) is 4.18. The van der Waals surface area contributed by atoms with Crippen molar-refractivity contribution in [3.63, 3.8) is 0 Å². The molecule has 2 rings (SSSR count). The lowest BCUT2D eigenvalue weighted by Gasteiger charge is -1.92. The van der Waals surface area contributed by atoms with E-state index in [1.165, 1.54) is 0 Å². The molecule has 0 bridgehead atoms. The normalized spacial score (nSPS) is 10.9. The van der Waals surface area contributed by atoms with E-state index in [0.717, 1.165) is 5.69 Å². The van der Waals surface area contributed by atoms with Gasteiger partial charge in [0.1, 0.15) is 5.15 Å². The van der Waals surface area contributed by atoms with E-state index in [1.54, 1.807) is 16.8 Å². The molecule has 13 heavy (non-hydrogen) atoms. The van der Waals surface area contributed by atoms with Crippen molar-refractivity contribution in [1.82, 2.24) is 19.6 Å². The molecule has 2 N–H and O–H groups in total. The average Bonchev–Trinajstić information content (AvgIpc) is 2.46. The summed E-state index contributed by atoms with van der Waals surface area (Å²) < 4.78 is 1.68. The number of imidazole rings is 1. The van der Waals surface area contributed by atoms with Crippen LogP contribution in [0.1, 0.15) is 5.69 Å². The van der Waals surface area contributed by atoms with E-state index in [4.69, 9.17) is 17.3 Å². The third-order valence-electron chi connectivity index (χ3n) is 1.71. The quantitative estimate of drug-likeness (QED) is 0.751. The van der Waals surface area contributed by atoms with Gasteiger partial charge in [0.25, 0.3) is 5.78 Å². The molecule has 0 radical (unpaired) electrons. The standard InChI is InChI=1S/C7H8ClN5/c8-6-5(1-2-9)11-7-12-10-3-4-13(6)7/h3-4H,1-2,9H2. The average molecular weight is 198 g/mol. The van der Waals surface area contributed by atoms with E-state index in [2.05, 4.69) is 15.2 Å². The van der Waals surface area contributed by atoms with E-state index < -0.39 is 0 Å². The molecule has 0 spiro atoms. The van der Waals surface area contributed by atoms with Crippen LogP contribution in [0.25, 0.3) is 5.78 Å². The first-order valence-corrected chi connectivity index (χ1v) is 4.25. The zero-order valence-electron chi connectivity index (χ0n) is 6.81. The van der Waals surface area contributed by atoms with Gasteiger partial charge in [0.15, 0.2) is 0 Å². The highest BCUT2D eigenvalue weighted by atomic mass is 35.5. The highest BCUT2D eigenvalue weighted by Gasteiger charge is 2.09. The van der Waals surface area contributed by atoms with Gasteiger partial charge in [0.05, 0.1) is 11.9 Å². The van der Waals surface area contributed by atoms with Gasteiger partial charge >= 0.3 is 0 Å². The van der Waals surface area contributed by atoms with Crippen molar-refractivity contribution < 1.29 is 0 Å². The van der Waals surface area contributed by atoms with Crippen molar-refractivity contribution in [3.05, 3.63) is 23.2 Å². The van der Waals surface area contributed by atoms with Crippen molar-refractivity contribution in [1.29, 1.82) is 0 Å². The smallest absolute Gasteiger partial charge is 0.255 e. The molecule has 0 saturated carbocycles. The maximum Gasteiger partial charge on any atom is 0.255 e. The Morgan fingerprint density at radius 1 is 1.54 bits per heavy atom. The first kappa shape index (κ1) is 8.40. The lowest BCUT2D eigenvalue weighted by Crippen LogP contribution is -2.03. The summed E-state index contributed by atoms with van der Waals surface area (Å²) in [6.45, 7) is 0.525. The molecule has 2 aromatic rings.